The molecule has 2 aromatic rings. The van der Waals surface area contributed by atoms with Gasteiger partial charge in [0.25, 0.3) is 0 Å². The molecule has 0 amide bonds. The maximum Gasteiger partial charge on any atom is 0.0564 e. The first-order valence-corrected chi connectivity index (χ1v) is 3.71. The molecule has 0 fully saturated rings. The van der Waals surface area contributed by atoms with Crippen LogP contribution in [-0.2, 0) is 0 Å². The van der Waals surface area contributed by atoms with Crippen LogP contribution in [-0.4, -0.2) is 4.98 Å². The topological polar surface area (TPSA) is 50.9 Å². The fraction of sp³-hybridized carbons (Fsp3) is 0. The third-order valence-corrected chi connectivity index (χ3v) is 1.84. The van der Waals surface area contributed by atoms with Gasteiger partial charge in [0.1, 0.15) is 0 Å². The van der Waals surface area contributed by atoms with Crippen molar-refractivity contribution in [3.63, 3.8) is 0 Å². The lowest BCUT2D eigenvalue weighted by atomic mass is 10.1. The van der Waals surface area contributed by atoms with E-state index in [9.17, 15) is 0 Å². The van der Waals surface area contributed by atoms with Crippen molar-refractivity contribution >= 4 is 41.3 Å². The van der Waals surface area contributed by atoms with Crippen LogP contribution < -0.4 is 11.3 Å². The second kappa shape index (κ2) is 5.65. The van der Waals surface area contributed by atoms with Crippen molar-refractivity contribution in [3.8, 4) is 0 Å². The molecular formula is C9H11Cl2N3. The van der Waals surface area contributed by atoms with Gasteiger partial charge in [0.15, 0.2) is 0 Å². The number of anilines is 1. The van der Waals surface area contributed by atoms with E-state index in [-0.39, 0.29) is 24.8 Å². The maximum absolute atomic E-state index is 5.35. The quantitative estimate of drug-likeness (QED) is 0.586. The lowest BCUT2D eigenvalue weighted by Gasteiger charge is -2.03. The van der Waals surface area contributed by atoms with Gasteiger partial charge in [-0.05, 0) is 12.1 Å². The number of hydrogen-bond donors (Lipinski definition) is 2. The van der Waals surface area contributed by atoms with E-state index in [0.717, 1.165) is 16.5 Å². The molecule has 0 aliphatic carbocycles. The van der Waals surface area contributed by atoms with Gasteiger partial charge in [0, 0.05) is 23.2 Å². The number of hydrazine groups is 1. The number of benzene rings is 1. The van der Waals surface area contributed by atoms with Gasteiger partial charge < -0.3 is 5.43 Å². The van der Waals surface area contributed by atoms with Crippen molar-refractivity contribution in [2.75, 3.05) is 5.43 Å². The molecule has 0 aliphatic heterocycles. The van der Waals surface area contributed by atoms with Gasteiger partial charge in [0.05, 0.1) is 5.69 Å². The molecule has 0 saturated heterocycles. The minimum atomic E-state index is 0. The van der Waals surface area contributed by atoms with Crippen molar-refractivity contribution in [3.05, 3.63) is 36.7 Å². The number of halogens is 2. The minimum Gasteiger partial charge on any atom is -0.324 e. The zero-order chi connectivity index (χ0) is 8.39. The molecule has 76 valence electrons. The average Bonchev–Trinajstić information content (AvgIpc) is 2.17. The molecule has 3 N–H and O–H groups in total. The Kier molecular flexibility index (Phi) is 5.23. The highest BCUT2D eigenvalue weighted by Gasteiger charge is 1.96. The Labute approximate surface area is 94.5 Å². The van der Waals surface area contributed by atoms with Gasteiger partial charge in [-0.2, -0.15) is 0 Å². The van der Waals surface area contributed by atoms with Crippen molar-refractivity contribution in [1.29, 1.82) is 0 Å². The second-order valence-corrected chi connectivity index (χ2v) is 2.55. The summed E-state index contributed by atoms with van der Waals surface area (Å²) in [7, 11) is 0. The van der Waals surface area contributed by atoms with Crippen LogP contribution in [0.1, 0.15) is 0 Å². The number of nitrogens with two attached hydrogens (primary N) is 1. The van der Waals surface area contributed by atoms with Gasteiger partial charge in [-0.25, -0.2) is 0 Å². The highest BCUT2D eigenvalue weighted by Crippen LogP contribution is 2.20. The molecule has 0 bridgehead atoms. The smallest absolute Gasteiger partial charge is 0.0564 e. The molecule has 0 atom stereocenters. The number of pyridine rings is 1. The van der Waals surface area contributed by atoms with E-state index in [1.54, 1.807) is 6.20 Å². The number of aromatic nitrogens is 1. The van der Waals surface area contributed by atoms with Crippen LogP contribution >= 0.6 is 24.8 Å². The fourth-order valence-electron chi connectivity index (χ4n) is 1.25. The third kappa shape index (κ3) is 2.26. The summed E-state index contributed by atoms with van der Waals surface area (Å²) in [6, 6.07) is 7.81. The molecule has 1 aromatic heterocycles. The van der Waals surface area contributed by atoms with Crippen molar-refractivity contribution in [2.24, 2.45) is 5.84 Å². The Bertz CT molecular complexity index is 401. The SMILES string of the molecule is Cl.Cl.NNc1cccc2cnccc12. The highest BCUT2D eigenvalue weighted by molar-refractivity contribution is 5.92. The molecule has 3 nitrogen and oxygen atoms in total. The first-order valence-electron chi connectivity index (χ1n) is 3.71. The van der Waals surface area contributed by atoms with Gasteiger partial charge >= 0.3 is 0 Å². The number of hydrogen-bond acceptors (Lipinski definition) is 3. The molecule has 1 heterocycles. The normalized spacial score (nSPS) is 8.64. The predicted molar refractivity (Wildman–Crippen MR) is 64.0 cm³/mol. The summed E-state index contributed by atoms with van der Waals surface area (Å²) in [4.78, 5) is 4.02. The van der Waals surface area contributed by atoms with E-state index in [0.29, 0.717) is 0 Å². The van der Waals surface area contributed by atoms with Crippen molar-refractivity contribution in [2.45, 2.75) is 0 Å². The van der Waals surface area contributed by atoms with E-state index in [4.69, 9.17) is 5.84 Å². The summed E-state index contributed by atoms with van der Waals surface area (Å²) < 4.78 is 0. The fourth-order valence-corrected chi connectivity index (χ4v) is 1.25. The maximum atomic E-state index is 5.35. The Morgan fingerprint density at radius 1 is 1.14 bits per heavy atom. The molecule has 0 saturated carbocycles. The summed E-state index contributed by atoms with van der Waals surface area (Å²) in [6.07, 6.45) is 3.57. The summed E-state index contributed by atoms with van der Waals surface area (Å²) >= 11 is 0. The lowest BCUT2D eigenvalue weighted by Crippen LogP contribution is -2.06. The number of nitrogen functional groups attached to an aromatic ring is 1. The summed E-state index contributed by atoms with van der Waals surface area (Å²) in [5.74, 6) is 5.35. The molecule has 0 aliphatic rings. The van der Waals surface area contributed by atoms with E-state index in [2.05, 4.69) is 10.4 Å². The van der Waals surface area contributed by atoms with Gasteiger partial charge in [-0.1, -0.05) is 12.1 Å². The zero-order valence-electron chi connectivity index (χ0n) is 7.31. The number of nitrogens with one attached hydrogen (secondary N) is 1. The summed E-state index contributed by atoms with van der Waals surface area (Å²) in [5.41, 5.74) is 3.57. The van der Waals surface area contributed by atoms with E-state index < -0.39 is 0 Å². The van der Waals surface area contributed by atoms with E-state index in [1.165, 1.54) is 0 Å². The highest BCUT2D eigenvalue weighted by atomic mass is 35.5. The Hall–Kier alpha value is -1.03. The predicted octanol–water partition coefficient (Wildman–Crippen LogP) is 2.36. The first kappa shape index (κ1) is 13.0. The van der Waals surface area contributed by atoms with Crippen LogP contribution in [0.15, 0.2) is 36.7 Å². The van der Waals surface area contributed by atoms with E-state index in [1.807, 2.05) is 30.5 Å². The van der Waals surface area contributed by atoms with Crippen molar-refractivity contribution < 1.29 is 0 Å². The number of nitrogens with zero attached hydrogens (tertiary/aromatic N) is 1. The summed E-state index contributed by atoms with van der Waals surface area (Å²) in [6.45, 7) is 0. The molecule has 5 heteroatoms. The Morgan fingerprint density at radius 3 is 2.64 bits per heavy atom. The van der Waals surface area contributed by atoms with Gasteiger partial charge in [-0.3, -0.25) is 10.8 Å². The molecule has 14 heavy (non-hydrogen) atoms. The van der Waals surface area contributed by atoms with Crippen LogP contribution in [0, 0.1) is 0 Å². The van der Waals surface area contributed by atoms with Crippen molar-refractivity contribution in [1.82, 2.24) is 4.98 Å². The molecule has 1 aromatic carbocycles. The Morgan fingerprint density at radius 2 is 1.93 bits per heavy atom. The minimum absolute atomic E-state index is 0. The number of fused-ring (bicyclic) bond motifs is 1. The average molecular weight is 232 g/mol. The number of rotatable bonds is 1. The van der Waals surface area contributed by atoms with Crippen LogP contribution in [0.4, 0.5) is 5.69 Å². The molecule has 0 unspecified atom stereocenters. The van der Waals surface area contributed by atoms with Crippen LogP contribution in [0.5, 0.6) is 0 Å². The molecule has 0 radical (unpaired) electrons. The lowest BCUT2D eigenvalue weighted by molar-refractivity contribution is 1.34. The second-order valence-electron chi connectivity index (χ2n) is 2.55. The first-order chi connectivity index (χ1) is 5.92. The third-order valence-electron chi connectivity index (χ3n) is 1.84. The monoisotopic (exact) mass is 231 g/mol. The van der Waals surface area contributed by atoms with E-state index >= 15 is 0 Å². The summed E-state index contributed by atoms with van der Waals surface area (Å²) in [5, 5.41) is 2.18. The van der Waals surface area contributed by atoms with Gasteiger partial charge in [0.2, 0.25) is 0 Å². The van der Waals surface area contributed by atoms with Crippen LogP contribution in [0.3, 0.4) is 0 Å². The Balaban J connectivity index is 0.000000845. The molecule has 0 spiro atoms. The van der Waals surface area contributed by atoms with Gasteiger partial charge in [-0.15, -0.1) is 24.8 Å². The van der Waals surface area contributed by atoms with Crippen LogP contribution in [0.25, 0.3) is 10.8 Å². The molecule has 2 rings (SSSR count). The standard InChI is InChI=1S/C9H9N3.2ClH/c10-12-9-3-1-2-7-6-11-5-4-8(7)9;;/h1-6,12H,10H2;2*1H. The zero-order valence-corrected chi connectivity index (χ0v) is 8.94. The largest absolute Gasteiger partial charge is 0.324 e. The van der Waals surface area contributed by atoms with Crippen LogP contribution in [0.2, 0.25) is 0 Å². The molecular weight excluding hydrogens is 221 g/mol.